The number of ketones is 1. The first-order valence-corrected chi connectivity index (χ1v) is 11.0. The molecule has 0 unspecified atom stereocenters. The Morgan fingerprint density at radius 1 is 0.786 bits per heavy atom. The predicted octanol–water partition coefficient (Wildman–Crippen LogP) is 5.16. The van der Waals surface area contributed by atoms with E-state index >= 15 is 0 Å². The summed E-state index contributed by atoms with van der Waals surface area (Å²) in [6, 6.07) is 23.4. The van der Waals surface area contributed by atoms with Crippen molar-refractivity contribution in [3.63, 3.8) is 0 Å². The van der Waals surface area contributed by atoms with Crippen LogP contribution in [0.15, 0.2) is 94.7 Å². The van der Waals surface area contributed by atoms with Crippen molar-refractivity contribution >= 4 is 41.8 Å². The number of halogens is 1. The fraction of sp³-hybridized carbons (Fsp3) is 0.0455. The van der Waals surface area contributed by atoms with E-state index in [0.29, 0.717) is 14.9 Å². The third-order valence-corrected chi connectivity index (χ3v) is 7.46. The second kappa shape index (κ2) is 8.70. The van der Waals surface area contributed by atoms with Gasteiger partial charge in [-0.25, -0.2) is 8.42 Å². The quantitative estimate of drug-likeness (QED) is 0.265. The zero-order valence-electron chi connectivity index (χ0n) is 15.0. The first kappa shape index (κ1) is 20.3. The zero-order valence-corrected chi connectivity index (χ0v) is 18.0. The van der Waals surface area contributed by atoms with Gasteiger partial charge in [0.2, 0.25) is 15.6 Å². The molecule has 0 fully saturated rings. The lowest BCUT2D eigenvalue weighted by molar-refractivity contribution is 0.104. The molecule has 0 aliphatic rings. The van der Waals surface area contributed by atoms with Crippen molar-refractivity contribution in [1.29, 1.82) is 0 Å². The summed E-state index contributed by atoms with van der Waals surface area (Å²) in [5, 5.41) is 0. The van der Waals surface area contributed by atoms with Crippen LogP contribution in [0.5, 0.6) is 5.75 Å². The molecule has 142 valence electrons. The van der Waals surface area contributed by atoms with Gasteiger partial charge in [0.05, 0.1) is 12.0 Å². The molecule has 0 bridgehead atoms. The highest BCUT2D eigenvalue weighted by molar-refractivity contribution is 14.1. The van der Waals surface area contributed by atoms with E-state index in [2.05, 4.69) is 0 Å². The summed E-state index contributed by atoms with van der Waals surface area (Å²) in [6.07, 6.45) is 0. The maximum absolute atomic E-state index is 13.4. The Labute approximate surface area is 177 Å². The third kappa shape index (κ3) is 4.18. The summed E-state index contributed by atoms with van der Waals surface area (Å²) in [5.41, 5.74) is 0.944. The third-order valence-electron chi connectivity index (χ3n) is 4.11. The van der Waals surface area contributed by atoms with E-state index in [1.165, 1.54) is 19.2 Å². The van der Waals surface area contributed by atoms with Crippen LogP contribution in [-0.4, -0.2) is 21.3 Å². The maximum Gasteiger partial charge on any atom is 0.211 e. The number of rotatable bonds is 6. The number of carbonyl (C=O) groups excluding carboxylic acids is 1. The molecule has 0 saturated heterocycles. The van der Waals surface area contributed by atoms with Gasteiger partial charge in [0.25, 0.3) is 0 Å². The van der Waals surface area contributed by atoms with Gasteiger partial charge in [-0.05, 0) is 64.6 Å². The largest absolute Gasteiger partial charge is 0.497 e. The number of carbonyl (C=O) groups is 1. The van der Waals surface area contributed by atoms with Crippen LogP contribution in [0, 0.1) is 0 Å². The highest BCUT2D eigenvalue weighted by Gasteiger charge is 2.31. The Morgan fingerprint density at radius 2 is 1.32 bits per heavy atom. The monoisotopic (exact) mass is 504 g/mol. The van der Waals surface area contributed by atoms with Crippen molar-refractivity contribution in [3.8, 4) is 5.75 Å². The van der Waals surface area contributed by atoms with Crippen LogP contribution in [0.4, 0.5) is 0 Å². The molecule has 0 amide bonds. The first-order chi connectivity index (χ1) is 13.4. The zero-order chi connectivity index (χ0) is 20.1. The standard InChI is InChI=1S/C22H17IO4S/c1-27-18-14-12-17(13-15-18)21(24)22(20(23)16-8-4-2-5-9-16)28(25,26)19-10-6-3-7-11-19/h2-15H,1H3/b22-20+. The van der Waals surface area contributed by atoms with E-state index < -0.39 is 15.6 Å². The van der Waals surface area contributed by atoms with Crippen molar-refractivity contribution in [2.45, 2.75) is 4.90 Å². The van der Waals surface area contributed by atoms with Gasteiger partial charge in [0.1, 0.15) is 10.7 Å². The van der Waals surface area contributed by atoms with Gasteiger partial charge in [0.15, 0.2) is 0 Å². The smallest absolute Gasteiger partial charge is 0.211 e. The minimum atomic E-state index is -4.02. The van der Waals surface area contributed by atoms with Gasteiger partial charge >= 0.3 is 0 Å². The SMILES string of the molecule is COc1ccc(C(=O)/C(=C(\I)c2ccccc2)S(=O)(=O)c2ccccc2)cc1. The minimum Gasteiger partial charge on any atom is -0.497 e. The molecule has 0 atom stereocenters. The number of hydrogen-bond acceptors (Lipinski definition) is 4. The topological polar surface area (TPSA) is 60.4 Å². The number of allylic oxidation sites excluding steroid dienone is 1. The van der Waals surface area contributed by atoms with Crippen LogP contribution < -0.4 is 4.74 Å². The normalized spacial score (nSPS) is 12.2. The number of sulfone groups is 1. The molecule has 28 heavy (non-hydrogen) atoms. The number of hydrogen-bond donors (Lipinski definition) is 0. The van der Waals surface area contributed by atoms with Gasteiger partial charge in [0, 0.05) is 9.14 Å². The molecule has 0 N–H and O–H groups in total. The van der Waals surface area contributed by atoms with E-state index in [9.17, 15) is 13.2 Å². The van der Waals surface area contributed by atoms with Crippen molar-refractivity contribution in [3.05, 3.63) is 101 Å². The molecule has 0 spiro atoms. The van der Waals surface area contributed by atoms with Crippen LogP contribution in [0.2, 0.25) is 0 Å². The summed E-state index contributed by atoms with van der Waals surface area (Å²) in [5.74, 6) is 0.0329. The summed E-state index contributed by atoms with van der Waals surface area (Å²) >= 11 is 1.93. The van der Waals surface area contributed by atoms with E-state index in [0.717, 1.165) is 0 Å². The molecule has 0 aliphatic heterocycles. The van der Waals surface area contributed by atoms with Gasteiger partial charge in [-0.3, -0.25) is 4.79 Å². The Kier molecular flexibility index (Phi) is 6.31. The van der Waals surface area contributed by atoms with Crippen molar-refractivity contribution < 1.29 is 17.9 Å². The predicted molar refractivity (Wildman–Crippen MR) is 118 cm³/mol. The Balaban J connectivity index is 2.21. The van der Waals surface area contributed by atoms with Crippen molar-refractivity contribution in [2.24, 2.45) is 0 Å². The molecular formula is C22H17IO4S. The molecule has 0 radical (unpaired) electrons. The Bertz CT molecular complexity index is 1100. The van der Waals surface area contributed by atoms with Gasteiger partial charge in [-0.1, -0.05) is 48.5 Å². The minimum absolute atomic E-state index is 0.0805. The maximum atomic E-state index is 13.4. The summed E-state index contributed by atoms with van der Waals surface area (Å²) < 4.78 is 32.3. The van der Waals surface area contributed by atoms with E-state index in [4.69, 9.17) is 4.74 Å². The molecule has 4 nitrogen and oxygen atoms in total. The molecule has 0 saturated carbocycles. The number of methoxy groups -OCH3 is 1. The van der Waals surface area contributed by atoms with Crippen molar-refractivity contribution in [2.75, 3.05) is 7.11 Å². The summed E-state index contributed by atoms with van der Waals surface area (Å²) in [6.45, 7) is 0. The summed E-state index contributed by atoms with van der Waals surface area (Å²) in [4.78, 5) is 13.1. The van der Waals surface area contributed by atoms with Gasteiger partial charge in [-0.2, -0.15) is 0 Å². The Morgan fingerprint density at radius 3 is 1.86 bits per heavy atom. The van der Waals surface area contributed by atoms with Gasteiger partial charge < -0.3 is 4.74 Å². The molecule has 0 heterocycles. The Hall–Kier alpha value is -2.45. The van der Waals surface area contributed by atoms with Crippen LogP contribution in [0.25, 0.3) is 3.58 Å². The first-order valence-electron chi connectivity index (χ1n) is 8.39. The van der Waals surface area contributed by atoms with Crippen LogP contribution in [0.3, 0.4) is 0 Å². The molecule has 6 heteroatoms. The van der Waals surface area contributed by atoms with Crippen LogP contribution >= 0.6 is 22.6 Å². The lowest BCUT2D eigenvalue weighted by Crippen LogP contribution is -2.15. The average Bonchev–Trinajstić information content (AvgIpc) is 2.75. The highest BCUT2D eigenvalue weighted by atomic mass is 127. The molecule has 0 aromatic heterocycles. The molecular weight excluding hydrogens is 487 g/mol. The van der Waals surface area contributed by atoms with Gasteiger partial charge in [-0.15, -0.1) is 0 Å². The lowest BCUT2D eigenvalue weighted by Gasteiger charge is -2.12. The average molecular weight is 504 g/mol. The molecule has 3 aromatic carbocycles. The second-order valence-corrected chi connectivity index (χ2v) is 8.85. The summed E-state index contributed by atoms with van der Waals surface area (Å²) in [7, 11) is -2.49. The molecule has 3 aromatic rings. The van der Waals surface area contributed by atoms with Crippen molar-refractivity contribution in [1.82, 2.24) is 0 Å². The van der Waals surface area contributed by atoms with E-state index in [-0.39, 0.29) is 15.4 Å². The number of benzene rings is 3. The van der Waals surface area contributed by atoms with Crippen LogP contribution in [-0.2, 0) is 9.84 Å². The fourth-order valence-corrected chi connectivity index (χ4v) is 5.59. The number of ether oxygens (including phenoxy) is 1. The number of Topliss-reactive ketones (excluding diaryl/α,β-unsaturated/α-hetero) is 1. The fourth-order valence-electron chi connectivity index (χ4n) is 2.65. The van der Waals surface area contributed by atoms with E-state index in [1.54, 1.807) is 66.7 Å². The molecule has 3 rings (SSSR count). The second-order valence-electron chi connectivity index (χ2n) is 5.88. The van der Waals surface area contributed by atoms with E-state index in [1.807, 2.05) is 28.7 Å². The molecule has 0 aliphatic carbocycles. The van der Waals surface area contributed by atoms with Crippen LogP contribution in [0.1, 0.15) is 15.9 Å². The highest BCUT2D eigenvalue weighted by Crippen LogP contribution is 2.34. The lowest BCUT2D eigenvalue weighted by atomic mass is 10.1.